The Labute approximate surface area is 101 Å². The predicted octanol–water partition coefficient (Wildman–Crippen LogP) is 1.98. The van der Waals surface area contributed by atoms with E-state index in [9.17, 15) is 18.0 Å². The molecule has 0 saturated carbocycles. The average molecular weight is 260 g/mol. The fraction of sp³-hybridized carbons (Fsp3) is 0.364. The number of halogens is 3. The highest BCUT2D eigenvalue weighted by molar-refractivity contribution is 5.77. The standard InChI is InChI=1S/C11H11F3N2O2/c12-11(13,14)6-18-9-4-2-1-3-7(9)8-5-15-10(17)16-8/h1-4,8H,5-6H2,(H2,15,16,17). The third-order valence-electron chi connectivity index (χ3n) is 2.46. The van der Waals surface area contributed by atoms with E-state index in [0.717, 1.165) is 0 Å². The minimum absolute atomic E-state index is 0.129. The fourth-order valence-corrected chi connectivity index (χ4v) is 1.70. The average Bonchev–Trinajstić information content (AvgIpc) is 2.72. The zero-order valence-corrected chi connectivity index (χ0v) is 9.25. The number of para-hydroxylation sites is 1. The van der Waals surface area contributed by atoms with Crippen molar-refractivity contribution in [2.45, 2.75) is 12.2 Å². The van der Waals surface area contributed by atoms with Gasteiger partial charge in [0.15, 0.2) is 6.61 Å². The van der Waals surface area contributed by atoms with Crippen molar-refractivity contribution >= 4 is 6.03 Å². The molecule has 2 N–H and O–H groups in total. The molecule has 98 valence electrons. The van der Waals surface area contributed by atoms with Crippen LogP contribution in [0.5, 0.6) is 5.75 Å². The maximum Gasteiger partial charge on any atom is 0.422 e. The number of carbonyl (C=O) groups is 1. The van der Waals surface area contributed by atoms with E-state index >= 15 is 0 Å². The van der Waals surface area contributed by atoms with Crippen LogP contribution in [0.25, 0.3) is 0 Å². The van der Waals surface area contributed by atoms with Gasteiger partial charge in [0.1, 0.15) is 5.75 Å². The summed E-state index contributed by atoms with van der Waals surface area (Å²) in [4.78, 5) is 11.0. The van der Waals surface area contributed by atoms with E-state index in [1.807, 2.05) is 0 Å². The molecule has 1 aliphatic heterocycles. The lowest BCUT2D eigenvalue weighted by Gasteiger charge is -2.16. The van der Waals surface area contributed by atoms with Gasteiger partial charge in [-0.2, -0.15) is 13.2 Å². The third-order valence-corrected chi connectivity index (χ3v) is 2.46. The lowest BCUT2D eigenvalue weighted by Crippen LogP contribution is -2.23. The minimum atomic E-state index is -4.38. The zero-order valence-electron chi connectivity index (χ0n) is 9.25. The maximum atomic E-state index is 12.1. The van der Waals surface area contributed by atoms with E-state index in [1.54, 1.807) is 18.2 Å². The van der Waals surface area contributed by atoms with Crippen LogP contribution in [0.4, 0.5) is 18.0 Å². The summed E-state index contributed by atoms with van der Waals surface area (Å²) < 4.78 is 41.1. The third kappa shape index (κ3) is 3.06. The van der Waals surface area contributed by atoms with E-state index in [2.05, 4.69) is 10.6 Å². The molecule has 1 fully saturated rings. The molecule has 7 heteroatoms. The molecule has 1 heterocycles. The van der Waals surface area contributed by atoms with Crippen LogP contribution in [0.3, 0.4) is 0 Å². The number of hydrogen-bond acceptors (Lipinski definition) is 2. The molecule has 0 bridgehead atoms. The van der Waals surface area contributed by atoms with Crippen molar-refractivity contribution in [3.63, 3.8) is 0 Å². The summed E-state index contributed by atoms with van der Waals surface area (Å²) >= 11 is 0. The van der Waals surface area contributed by atoms with Crippen molar-refractivity contribution in [3.05, 3.63) is 29.8 Å². The Kier molecular flexibility index (Phi) is 3.31. The van der Waals surface area contributed by atoms with Gasteiger partial charge in [-0.1, -0.05) is 18.2 Å². The van der Waals surface area contributed by atoms with Crippen LogP contribution >= 0.6 is 0 Å². The quantitative estimate of drug-likeness (QED) is 0.873. The second-order valence-corrected chi connectivity index (χ2v) is 3.85. The van der Waals surface area contributed by atoms with E-state index in [0.29, 0.717) is 12.1 Å². The van der Waals surface area contributed by atoms with Gasteiger partial charge in [0.2, 0.25) is 0 Å². The summed E-state index contributed by atoms with van der Waals surface area (Å²) in [6.45, 7) is -1.02. The van der Waals surface area contributed by atoms with Gasteiger partial charge in [-0.15, -0.1) is 0 Å². The number of urea groups is 1. The van der Waals surface area contributed by atoms with Gasteiger partial charge < -0.3 is 15.4 Å². The first-order valence-corrected chi connectivity index (χ1v) is 5.28. The first-order valence-electron chi connectivity index (χ1n) is 5.28. The summed E-state index contributed by atoms with van der Waals surface area (Å²) in [5, 5.41) is 5.14. The number of rotatable bonds is 3. The number of amides is 2. The Bertz CT molecular complexity index is 448. The van der Waals surface area contributed by atoms with Gasteiger partial charge in [-0.05, 0) is 6.07 Å². The van der Waals surface area contributed by atoms with Gasteiger partial charge >= 0.3 is 12.2 Å². The second-order valence-electron chi connectivity index (χ2n) is 3.85. The topological polar surface area (TPSA) is 50.4 Å². The Morgan fingerprint density at radius 2 is 2.06 bits per heavy atom. The van der Waals surface area contributed by atoms with Crippen molar-refractivity contribution in [2.75, 3.05) is 13.2 Å². The molecule has 1 atom stereocenters. The largest absolute Gasteiger partial charge is 0.484 e. The van der Waals surface area contributed by atoms with Crippen molar-refractivity contribution in [3.8, 4) is 5.75 Å². The van der Waals surface area contributed by atoms with Crippen molar-refractivity contribution < 1.29 is 22.7 Å². The van der Waals surface area contributed by atoms with Gasteiger partial charge in [0, 0.05) is 12.1 Å². The molecular formula is C11H11F3N2O2. The molecule has 1 aliphatic rings. The highest BCUT2D eigenvalue weighted by Crippen LogP contribution is 2.27. The van der Waals surface area contributed by atoms with E-state index in [1.165, 1.54) is 6.07 Å². The molecule has 2 rings (SSSR count). The molecule has 18 heavy (non-hydrogen) atoms. The number of benzene rings is 1. The van der Waals surface area contributed by atoms with Crippen LogP contribution in [-0.2, 0) is 0 Å². The molecule has 4 nitrogen and oxygen atoms in total. The number of alkyl halides is 3. The summed E-state index contributed by atoms with van der Waals surface area (Å²) in [6.07, 6.45) is -4.38. The van der Waals surface area contributed by atoms with E-state index in [-0.39, 0.29) is 17.8 Å². The summed E-state index contributed by atoms with van der Waals surface area (Å²) in [7, 11) is 0. The first-order chi connectivity index (χ1) is 8.46. The highest BCUT2D eigenvalue weighted by Gasteiger charge is 2.30. The summed E-state index contributed by atoms with van der Waals surface area (Å²) in [6, 6.07) is 5.63. The van der Waals surface area contributed by atoms with Crippen LogP contribution in [0, 0.1) is 0 Å². The van der Waals surface area contributed by atoms with Crippen molar-refractivity contribution in [2.24, 2.45) is 0 Å². The van der Waals surface area contributed by atoms with Crippen molar-refractivity contribution in [1.82, 2.24) is 10.6 Å². The van der Waals surface area contributed by atoms with E-state index in [4.69, 9.17) is 4.74 Å². The Hall–Kier alpha value is -1.92. The maximum absolute atomic E-state index is 12.1. The SMILES string of the molecule is O=C1NCC(c2ccccc2OCC(F)(F)F)N1. The Balaban J connectivity index is 2.13. The molecule has 0 aliphatic carbocycles. The first kappa shape index (κ1) is 12.5. The predicted molar refractivity (Wildman–Crippen MR) is 57.3 cm³/mol. The number of nitrogens with one attached hydrogen (secondary N) is 2. The summed E-state index contributed by atoms with van der Waals surface area (Å²) in [5.41, 5.74) is 0.528. The van der Waals surface area contributed by atoms with Crippen LogP contribution in [0.15, 0.2) is 24.3 Å². The molecule has 1 aromatic carbocycles. The molecule has 1 unspecified atom stereocenters. The molecule has 1 saturated heterocycles. The molecule has 0 radical (unpaired) electrons. The monoisotopic (exact) mass is 260 g/mol. The number of ether oxygens (including phenoxy) is 1. The van der Waals surface area contributed by atoms with E-state index < -0.39 is 12.8 Å². The van der Waals surface area contributed by atoms with Crippen LogP contribution in [-0.4, -0.2) is 25.4 Å². The highest BCUT2D eigenvalue weighted by atomic mass is 19.4. The minimum Gasteiger partial charge on any atom is -0.484 e. The number of hydrogen-bond donors (Lipinski definition) is 2. The Morgan fingerprint density at radius 1 is 1.33 bits per heavy atom. The lowest BCUT2D eigenvalue weighted by molar-refractivity contribution is -0.153. The summed E-state index contributed by atoms with van der Waals surface area (Å²) in [5.74, 6) is 0.129. The van der Waals surface area contributed by atoms with Gasteiger partial charge in [0.25, 0.3) is 0 Å². The Morgan fingerprint density at radius 3 is 2.67 bits per heavy atom. The van der Waals surface area contributed by atoms with Crippen LogP contribution < -0.4 is 15.4 Å². The van der Waals surface area contributed by atoms with Gasteiger partial charge in [-0.25, -0.2) is 4.79 Å². The number of carbonyl (C=O) groups excluding carboxylic acids is 1. The normalized spacial score (nSPS) is 19.3. The molecule has 1 aromatic rings. The lowest BCUT2D eigenvalue weighted by atomic mass is 10.1. The fourth-order valence-electron chi connectivity index (χ4n) is 1.70. The van der Waals surface area contributed by atoms with Crippen LogP contribution in [0.2, 0.25) is 0 Å². The van der Waals surface area contributed by atoms with Crippen LogP contribution in [0.1, 0.15) is 11.6 Å². The molecular weight excluding hydrogens is 249 g/mol. The molecule has 0 spiro atoms. The van der Waals surface area contributed by atoms with Gasteiger partial charge in [0.05, 0.1) is 6.04 Å². The smallest absolute Gasteiger partial charge is 0.422 e. The van der Waals surface area contributed by atoms with Gasteiger partial charge in [-0.3, -0.25) is 0 Å². The van der Waals surface area contributed by atoms with Crippen molar-refractivity contribution in [1.29, 1.82) is 0 Å². The molecule has 0 aromatic heterocycles. The molecule has 2 amide bonds. The zero-order chi connectivity index (χ0) is 13.2. The second kappa shape index (κ2) is 4.75.